The highest BCUT2D eigenvalue weighted by Crippen LogP contribution is 2.41. The van der Waals surface area contributed by atoms with E-state index >= 15 is 0 Å². The van der Waals surface area contributed by atoms with E-state index in [1.54, 1.807) is 4.90 Å². The van der Waals surface area contributed by atoms with Crippen molar-refractivity contribution in [3.05, 3.63) is 83.9 Å². The Kier molecular flexibility index (Phi) is 7.26. The molecule has 2 heterocycles. The molecule has 1 atom stereocenters. The smallest absolute Gasteiger partial charge is 0.253 e. The van der Waals surface area contributed by atoms with Crippen LogP contribution < -0.4 is 10.1 Å². The number of amides is 2. The van der Waals surface area contributed by atoms with Crippen molar-refractivity contribution in [2.75, 3.05) is 13.1 Å². The number of aliphatic hydroxyl groups is 1. The molecule has 8 heteroatoms. The number of ether oxygens (including phenoxy) is 1. The summed E-state index contributed by atoms with van der Waals surface area (Å²) >= 11 is 0. The van der Waals surface area contributed by atoms with Gasteiger partial charge < -0.3 is 20.1 Å². The number of carbonyl (C=O) groups excluding carboxylic acids is 2. The monoisotopic (exact) mass is 552 g/mol. The molecule has 8 nitrogen and oxygen atoms in total. The standard InChI is InChI=1S/C33H36N4O4/c1-33(2,40)32(39)37-18-16-26(17-19-37)41-25-13-10-23(11-14-25)30-27-20-24(12-15-28(27)35-36-30)31(38)34-29(22-8-9-22)21-6-4-3-5-7-21/h3-7,10-15,20,22,26,29,40H,8-9,16-19H2,1-2H3,(H,34,38)(H,35,36). The average molecular weight is 553 g/mol. The van der Waals surface area contributed by atoms with Gasteiger partial charge in [-0.3, -0.25) is 14.7 Å². The molecule has 4 aromatic rings. The van der Waals surface area contributed by atoms with Gasteiger partial charge in [-0.05, 0) is 80.6 Å². The first kappa shape index (κ1) is 27.0. The van der Waals surface area contributed by atoms with Crippen LogP contribution in [-0.4, -0.2) is 56.8 Å². The number of benzene rings is 3. The van der Waals surface area contributed by atoms with E-state index in [1.165, 1.54) is 13.8 Å². The molecule has 6 rings (SSSR count). The number of nitrogens with zero attached hydrogens (tertiary/aromatic N) is 2. The summed E-state index contributed by atoms with van der Waals surface area (Å²) in [6.07, 6.45) is 3.69. The molecule has 212 valence electrons. The summed E-state index contributed by atoms with van der Waals surface area (Å²) in [5.41, 5.74) is 2.96. The highest BCUT2D eigenvalue weighted by Gasteiger charge is 2.34. The van der Waals surface area contributed by atoms with Crippen LogP contribution in [-0.2, 0) is 4.79 Å². The van der Waals surface area contributed by atoms with E-state index in [0.717, 1.165) is 46.3 Å². The van der Waals surface area contributed by atoms with Gasteiger partial charge in [-0.2, -0.15) is 5.10 Å². The molecule has 2 fully saturated rings. The van der Waals surface area contributed by atoms with Gasteiger partial charge in [-0.1, -0.05) is 30.3 Å². The van der Waals surface area contributed by atoms with Crippen LogP contribution in [0.25, 0.3) is 22.2 Å². The minimum absolute atomic E-state index is 0.00865. The molecule has 0 radical (unpaired) electrons. The topological polar surface area (TPSA) is 108 Å². The Bertz CT molecular complexity index is 1530. The van der Waals surface area contributed by atoms with Crippen LogP contribution in [0.5, 0.6) is 5.75 Å². The summed E-state index contributed by atoms with van der Waals surface area (Å²) in [7, 11) is 0. The van der Waals surface area contributed by atoms with Gasteiger partial charge in [0.2, 0.25) is 0 Å². The van der Waals surface area contributed by atoms with E-state index < -0.39 is 5.60 Å². The third-order valence-electron chi connectivity index (χ3n) is 8.05. The Balaban J connectivity index is 1.13. The number of hydrogen-bond donors (Lipinski definition) is 3. The highest BCUT2D eigenvalue weighted by molar-refractivity contribution is 6.01. The maximum atomic E-state index is 13.3. The van der Waals surface area contributed by atoms with E-state index in [9.17, 15) is 14.7 Å². The Morgan fingerprint density at radius 3 is 2.37 bits per heavy atom. The predicted molar refractivity (Wildman–Crippen MR) is 157 cm³/mol. The van der Waals surface area contributed by atoms with Gasteiger partial charge >= 0.3 is 0 Å². The zero-order chi connectivity index (χ0) is 28.6. The first-order chi connectivity index (χ1) is 19.8. The van der Waals surface area contributed by atoms with Crippen molar-refractivity contribution in [3.8, 4) is 17.0 Å². The number of rotatable bonds is 8. The van der Waals surface area contributed by atoms with Crippen molar-refractivity contribution < 1.29 is 19.4 Å². The molecule has 3 aromatic carbocycles. The van der Waals surface area contributed by atoms with Crippen LogP contribution in [0, 0.1) is 5.92 Å². The average Bonchev–Trinajstić information content (AvgIpc) is 3.74. The van der Waals surface area contributed by atoms with Crippen LogP contribution in [0.1, 0.15) is 61.5 Å². The van der Waals surface area contributed by atoms with Crippen molar-refractivity contribution >= 4 is 22.7 Å². The van der Waals surface area contributed by atoms with E-state index in [2.05, 4.69) is 27.6 Å². The van der Waals surface area contributed by atoms with Crippen molar-refractivity contribution in [2.24, 2.45) is 5.92 Å². The normalized spacial score (nSPS) is 16.9. The SMILES string of the molecule is CC(C)(O)C(=O)N1CCC(Oc2ccc(-c3n[nH]c4ccc(C(=O)NC(c5ccccc5)C5CC5)cc34)cc2)CC1. The van der Waals surface area contributed by atoms with E-state index in [0.29, 0.717) is 37.4 Å². The van der Waals surface area contributed by atoms with Crippen LogP contribution in [0.4, 0.5) is 0 Å². The van der Waals surface area contributed by atoms with Gasteiger partial charge in [0.1, 0.15) is 17.5 Å². The fourth-order valence-electron chi connectivity index (χ4n) is 5.61. The van der Waals surface area contributed by atoms with Crippen LogP contribution >= 0.6 is 0 Å². The second-order valence-corrected chi connectivity index (χ2v) is 11.7. The summed E-state index contributed by atoms with van der Waals surface area (Å²) < 4.78 is 6.20. The minimum Gasteiger partial charge on any atom is -0.490 e. The fourth-order valence-corrected chi connectivity index (χ4v) is 5.61. The van der Waals surface area contributed by atoms with Gasteiger partial charge in [0.15, 0.2) is 0 Å². The maximum absolute atomic E-state index is 13.3. The second kappa shape index (κ2) is 11.0. The molecule has 1 aromatic heterocycles. The molecule has 0 spiro atoms. The molecule has 1 saturated heterocycles. The van der Waals surface area contributed by atoms with Crippen molar-refractivity contribution in [3.63, 3.8) is 0 Å². The lowest BCUT2D eigenvalue weighted by Crippen LogP contribution is -2.49. The largest absolute Gasteiger partial charge is 0.490 e. The van der Waals surface area contributed by atoms with Crippen LogP contribution in [0.2, 0.25) is 0 Å². The van der Waals surface area contributed by atoms with Crippen LogP contribution in [0.15, 0.2) is 72.8 Å². The number of aromatic amines is 1. The molecule has 1 aliphatic carbocycles. The zero-order valence-corrected chi connectivity index (χ0v) is 23.5. The van der Waals surface area contributed by atoms with Gasteiger partial charge in [-0.15, -0.1) is 0 Å². The molecule has 1 saturated carbocycles. The quantitative estimate of drug-likeness (QED) is 0.277. The lowest BCUT2D eigenvalue weighted by atomic mass is 10.0. The maximum Gasteiger partial charge on any atom is 0.253 e. The van der Waals surface area contributed by atoms with Crippen molar-refractivity contribution in [1.82, 2.24) is 20.4 Å². The number of nitrogens with one attached hydrogen (secondary N) is 2. The van der Waals surface area contributed by atoms with Gasteiger partial charge in [0, 0.05) is 42.4 Å². The molecule has 1 aliphatic heterocycles. The lowest BCUT2D eigenvalue weighted by Gasteiger charge is -2.35. The van der Waals surface area contributed by atoms with Crippen molar-refractivity contribution in [2.45, 2.75) is 57.3 Å². The summed E-state index contributed by atoms with van der Waals surface area (Å²) in [6.45, 7) is 4.17. The summed E-state index contributed by atoms with van der Waals surface area (Å²) in [5, 5.41) is 21.8. The number of fused-ring (bicyclic) bond motifs is 1. The van der Waals surface area contributed by atoms with Crippen molar-refractivity contribution in [1.29, 1.82) is 0 Å². The molecule has 2 amide bonds. The van der Waals surface area contributed by atoms with Crippen LogP contribution in [0.3, 0.4) is 0 Å². The highest BCUT2D eigenvalue weighted by atomic mass is 16.5. The Hall–Kier alpha value is -4.17. The molecule has 1 unspecified atom stereocenters. The lowest BCUT2D eigenvalue weighted by molar-refractivity contribution is -0.149. The van der Waals surface area contributed by atoms with E-state index in [-0.39, 0.29) is 24.0 Å². The van der Waals surface area contributed by atoms with Gasteiger partial charge in [0.05, 0.1) is 17.3 Å². The molecule has 2 aliphatic rings. The summed E-state index contributed by atoms with van der Waals surface area (Å²) in [5.74, 6) is 0.913. The van der Waals surface area contributed by atoms with E-state index in [1.807, 2.05) is 60.7 Å². The summed E-state index contributed by atoms with van der Waals surface area (Å²) in [6, 6.07) is 23.7. The zero-order valence-electron chi connectivity index (χ0n) is 23.5. The number of hydrogen-bond acceptors (Lipinski definition) is 5. The number of carbonyl (C=O) groups is 2. The molecule has 0 bridgehead atoms. The number of aromatic nitrogens is 2. The number of H-pyrrole nitrogens is 1. The third kappa shape index (κ3) is 5.98. The Morgan fingerprint density at radius 2 is 1.71 bits per heavy atom. The Morgan fingerprint density at radius 1 is 1.00 bits per heavy atom. The minimum atomic E-state index is -1.36. The first-order valence-corrected chi connectivity index (χ1v) is 14.4. The fraction of sp³-hybridized carbons (Fsp3) is 0.364. The molecular formula is C33H36N4O4. The third-order valence-corrected chi connectivity index (χ3v) is 8.05. The number of piperidine rings is 1. The molecule has 41 heavy (non-hydrogen) atoms. The molecule has 3 N–H and O–H groups in total. The molecular weight excluding hydrogens is 516 g/mol. The predicted octanol–water partition coefficient (Wildman–Crippen LogP) is 5.25. The first-order valence-electron chi connectivity index (χ1n) is 14.4. The second-order valence-electron chi connectivity index (χ2n) is 11.7. The van der Waals surface area contributed by atoms with E-state index in [4.69, 9.17) is 4.74 Å². The number of likely N-dealkylation sites (tertiary alicyclic amines) is 1. The summed E-state index contributed by atoms with van der Waals surface area (Å²) in [4.78, 5) is 27.4. The van der Waals surface area contributed by atoms with Gasteiger partial charge in [-0.25, -0.2) is 0 Å². The Labute approximate surface area is 239 Å². The van der Waals surface area contributed by atoms with Gasteiger partial charge in [0.25, 0.3) is 11.8 Å².